The van der Waals surface area contributed by atoms with Crippen molar-refractivity contribution in [3.05, 3.63) is 24.3 Å². The van der Waals surface area contributed by atoms with E-state index in [9.17, 15) is 9.59 Å². The molecule has 0 unspecified atom stereocenters. The highest BCUT2D eigenvalue weighted by Crippen LogP contribution is 2.12. The SMILES string of the molecule is C=C(C)C(=O)OCC[Si](OC)(OC)OC.C=C(C)C(=O)OC[Si](C)(OC)OC. The van der Waals surface area contributed by atoms with Gasteiger partial charge in [0.15, 0.2) is 0 Å². The van der Waals surface area contributed by atoms with Crippen LogP contribution >= 0.6 is 0 Å². The average molecular weight is 439 g/mol. The first-order valence-electron chi connectivity index (χ1n) is 8.37. The third kappa shape index (κ3) is 11.5. The van der Waals surface area contributed by atoms with Crippen LogP contribution in [0, 0.1) is 0 Å². The highest BCUT2D eigenvalue weighted by molar-refractivity contribution is 6.66. The van der Waals surface area contributed by atoms with Gasteiger partial charge >= 0.3 is 29.3 Å². The van der Waals surface area contributed by atoms with Crippen LogP contribution in [0.15, 0.2) is 24.3 Å². The van der Waals surface area contributed by atoms with E-state index >= 15 is 0 Å². The van der Waals surface area contributed by atoms with Gasteiger partial charge in [-0.15, -0.1) is 0 Å². The summed E-state index contributed by atoms with van der Waals surface area (Å²) in [6, 6.07) is 0.426. The van der Waals surface area contributed by atoms with Gasteiger partial charge in [-0.05, 0) is 20.4 Å². The van der Waals surface area contributed by atoms with E-state index in [0.29, 0.717) is 17.2 Å². The fourth-order valence-corrected chi connectivity index (χ4v) is 3.73. The van der Waals surface area contributed by atoms with Gasteiger partial charge in [-0.2, -0.15) is 0 Å². The molecule has 0 rings (SSSR count). The van der Waals surface area contributed by atoms with Crippen molar-refractivity contribution in [1.29, 1.82) is 0 Å². The summed E-state index contributed by atoms with van der Waals surface area (Å²) in [5, 5.41) is 0. The first-order chi connectivity index (χ1) is 13.0. The van der Waals surface area contributed by atoms with Crippen molar-refractivity contribution in [3.63, 3.8) is 0 Å². The maximum absolute atomic E-state index is 11.1. The Morgan fingerprint density at radius 2 is 1.14 bits per heavy atom. The number of hydrogen-bond acceptors (Lipinski definition) is 9. The molecule has 9 nitrogen and oxygen atoms in total. The molecule has 0 amide bonds. The molecule has 0 N–H and O–H groups in total. The Bertz CT molecular complexity index is 506. The van der Waals surface area contributed by atoms with Crippen molar-refractivity contribution in [1.82, 2.24) is 0 Å². The van der Waals surface area contributed by atoms with E-state index in [0.717, 1.165) is 0 Å². The van der Waals surface area contributed by atoms with E-state index in [2.05, 4.69) is 13.2 Å². The highest BCUT2D eigenvalue weighted by Gasteiger charge is 2.37. The minimum atomic E-state index is -2.63. The van der Waals surface area contributed by atoms with Crippen LogP contribution in [0.25, 0.3) is 0 Å². The van der Waals surface area contributed by atoms with Gasteiger partial charge in [0.2, 0.25) is 0 Å². The van der Waals surface area contributed by atoms with Crippen LogP contribution in [0.2, 0.25) is 12.6 Å². The molecule has 164 valence electrons. The fraction of sp³-hybridized carbons (Fsp3) is 0.647. The molecule has 0 saturated carbocycles. The zero-order valence-corrected chi connectivity index (χ0v) is 20.2. The lowest BCUT2D eigenvalue weighted by atomic mass is 10.4. The van der Waals surface area contributed by atoms with E-state index in [4.69, 9.17) is 31.6 Å². The number of carbonyl (C=O) groups is 2. The molecule has 0 aliphatic heterocycles. The number of carbonyl (C=O) groups excluding carboxylic acids is 2. The van der Waals surface area contributed by atoms with Gasteiger partial charge in [0.25, 0.3) is 0 Å². The average Bonchev–Trinajstić information content (AvgIpc) is 2.69. The molecule has 0 aromatic rings. The Kier molecular flexibility index (Phi) is 15.1. The van der Waals surface area contributed by atoms with Gasteiger partial charge in [-0.3, -0.25) is 0 Å². The van der Waals surface area contributed by atoms with Gasteiger partial charge in [0, 0.05) is 46.7 Å². The maximum atomic E-state index is 11.1. The third-order valence-electron chi connectivity index (χ3n) is 3.60. The summed E-state index contributed by atoms with van der Waals surface area (Å²) in [4.78, 5) is 22.1. The van der Waals surface area contributed by atoms with Crippen molar-refractivity contribution < 1.29 is 41.2 Å². The van der Waals surface area contributed by atoms with Crippen molar-refractivity contribution in [2.75, 3.05) is 48.4 Å². The first-order valence-corrected chi connectivity index (χ1v) is 12.8. The Morgan fingerprint density at radius 3 is 1.46 bits per heavy atom. The summed E-state index contributed by atoms with van der Waals surface area (Å²) in [6.45, 7) is 12.2. The molecule has 0 fully saturated rings. The van der Waals surface area contributed by atoms with Crippen LogP contribution < -0.4 is 0 Å². The van der Waals surface area contributed by atoms with Crippen molar-refractivity contribution in [2.24, 2.45) is 0 Å². The summed E-state index contributed by atoms with van der Waals surface area (Å²) < 4.78 is 35.6. The van der Waals surface area contributed by atoms with Crippen LogP contribution in [0.5, 0.6) is 0 Å². The zero-order valence-electron chi connectivity index (χ0n) is 18.2. The Balaban J connectivity index is 0. The monoisotopic (exact) mass is 438 g/mol. The molecule has 0 aliphatic rings. The molecule has 11 heteroatoms. The number of ether oxygens (including phenoxy) is 2. The smallest absolute Gasteiger partial charge is 0.462 e. The summed E-state index contributed by atoms with van der Waals surface area (Å²) in [7, 11) is 2.72. The molecule has 0 radical (unpaired) electrons. The summed E-state index contributed by atoms with van der Waals surface area (Å²) in [6.07, 6.45) is 0.186. The van der Waals surface area contributed by atoms with Gasteiger partial charge < -0.3 is 31.6 Å². The molecule has 0 bridgehead atoms. The van der Waals surface area contributed by atoms with Crippen LogP contribution in [0.4, 0.5) is 0 Å². The Hall–Kier alpha value is -1.35. The Morgan fingerprint density at radius 1 is 0.750 bits per heavy atom. The van der Waals surface area contributed by atoms with Gasteiger partial charge in [0.05, 0.1) is 12.7 Å². The second-order valence-electron chi connectivity index (χ2n) is 5.86. The first kappa shape index (κ1) is 28.9. The van der Waals surface area contributed by atoms with Crippen LogP contribution in [0.3, 0.4) is 0 Å². The largest absolute Gasteiger partial charge is 0.503 e. The lowest BCUT2D eigenvalue weighted by Gasteiger charge is -2.23. The van der Waals surface area contributed by atoms with Crippen molar-refractivity contribution >= 4 is 29.3 Å². The van der Waals surface area contributed by atoms with E-state index in [1.165, 1.54) is 21.3 Å². The van der Waals surface area contributed by atoms with Crippen LogP contribution in [-0.4, -0.2) is 77.7 Å². The summed E-state index contributed by atoms with van der Waals surface area (Å²) in [5.74, 6) is -0.825. The molecule has 0 spiro atoms. The number of esters is 2. The molecular formula is C17H34O9Si2. The Labute approximate surface area is 170 Å². The van der Waals surface area contributed by atoms with Crippen molar-refractivity contribution in [2.45, 2.75) is 26.4 Å². The van der Waals surface area contributed by atoms with E-state index in [-0.39, 0.29) is 12.8 Å². The fourth-order valence-electron chi connectivity index (χ4n) is 1.47. The summed E-state index contributed by atoms with van der Waals surface area (Å²) in [5.41, 5.74) is 0.748. The third-order valence-corrected chi connectivity index (χ3v) is 8.68. The van der Waals surface area contributed by atoms with Crippen molar-refractivity contribution in [3.8, 4) is 0 Å². The molecule has 0 saturated heterocycles. The standard InChI is InChI=1S/C9H18O5Si.C8H16O4Si/c1-8(2)9(10)14-6-7-15(11-3,12-4)13-5;1-7(2)8(9)12-6-13(5,10-3)11-4/h1,6-7H2,2-5H3;1,6H2,2-5H3. The summed E-state index contributed by atoms with van der Waals surface area (Å²) >= 11 is 0. The predicted molar refractivity (Wildman–Crippen MR) is 109 cm³/mol. The van der Waals surface area contributed by atoms with E-state index in [1.807, 2.05) is 6.55 Å². The maximum Gasteiger partial charge on any atom is 0.503 e. The van der Waals surface area contributed by atoms with E-state index < -0.39 is 29.3 Å². The second-order valence-corrected chi connectivity index (χ2v) is 12.3. The molecule has 0 heterocycles. The highest BCUT2D eigenvalue weighted by atomic mass is 28.4. The molecule has 0 aromatic heterocycles. The van der Waals surface area contributed by atoms with Crippen LogP contribution in [-0.2, 0) is 41.2 Å². The number of rotatable bonds is 12. The van der Waals surface area contributed by atoms with Gasteiger partial charge in [0.1, 0.15) is 6.23 Å². The quantitative estimate of drug-likeness (QED) is 0.257. The molecule has 0 atom stereocenters. The molecule has 0 aromatic carbocycles. The topological polar surface area (TPSA) is 98.8 Å². The van der Waals surface area contributed by atoms with E-state index in [1.54, 1.807) is 28.1 Å². The van der Waals surface area contributed by atoms with Gasteiger partial charge in [-0.25, -0.2) is 9.59 Å². The lowest BCUT2D eigenvalue weighted by Crippen LogP contribution is -2.43. The molecule has 0 aliphatic carbocycles. The predicted octanol–water partition coefficient (Wildman–Crippen LogP) is 1.99. The minimum Gasteiger partial charge on any atom is -0.462 e. The normalized spacial score (nSPS) is 11.1. The second kappa shape index (κ2) is 14.6. The lowest BCUT2D eigenvalue weighted by molar-refractivity contribution is -0.139. The van der Waals surface area contributed by atoms with Crippen LogP contribution in [0.1, 0.15) is 13.8 Å². The number of hydrogen-bond donors (Lipinski definition) is 0. The molecular weight excluding hydrogens is 404 g/mol. The molecule has 28 heavy (non-hydrogen) atoms. The zero-order chi connectivity index (χ0) is 22.4. The van der Waals surface area contributed by atoms with Gasteiger partial charge in [-0.1, -0.05) is 13.2 Å². The minimum absolute atomic E-state index is 0.186.